The van der Waals surface area contributed by atoms with Crippen LogP contribution < -0.4 is 16.6 Å². The summed E-state index contributed by atoms with van der Waals surface area (Å²) in [5.41, 5.74) is 1.18. The number of nitrogens with zero attached hydrogens (tertiary/aromatic N) is 2. The minimum atomic E-state index is -0.708. The first-order valence-electron chi connectivity index (χ1n) is 9.00. The molecule has 3 N–H and O–H groups in total. The van der Waals surface area contributed by atoms with Crippen LogP contribution in [0.5, 0.6) is 0 Å². The zero-order chi connectivity index (χ0) is 21.1. The van der Waals surface area contributed by atoms with Gasteiger partial charge in [-0.3, -0.25) is 19.3 Å². The molecule has 0 aliphatic heterocycles. The van der Waals surface area contributed by atoms with Gasteiger partial charge in [0.2, 0.25) is 0 Å². The summed E-state index contributed by atoms with van der Waals surface area (Å²) >= 11 is 6.13. The summed E-state index contributed by atoms with van der Waals surface area (Å²) in [6.45, 7) is -0.0513. The highest BCUT2D eigenvalue weighted by molar-refractivity contribution is 6.31. The van der Waals surface area contributed by atoms with Gasteiger partial charge in [0.05, 0.1) is 12.2 Å². The molecule has 2 aromatic carbocycles. The molecule has 0 bridgehead atoms. The summed E-state index contributed by atoms with van der Waals surface area (Å²) in [4.78, 5) is 40.2. The maximum absolute atomic E-state index is 12.8. The monoisotopic (exact) mass is 421 g/mol. The Bertz CT molecular complexity index is 1320. The second-order valence-electron chi connectivity index (χ2n) is 6.50. The first kappa shape index (κ1) is 19.4. The Kier molecular flexibility index (Phi) is 5.32. The number of carbonyl (C=O) groups is 1. The highest BCUT2D eigenvalue weighted by Gasteiger charge is 2.16. The number of rotatable bonds is 5. The molecule has 4 aromatic rings. The van der Waals surface area contributed by atoms with Crippen molar-refractivity contribution >= 4 is 23.2 Å². The molecule has 0 aliphatic rings. The fraction of sp³-hybridized carbons (Fsp3) is 0.0476. The fourth-order valence-corrected chi connectivity index (χ4v) is 3.19. The lowest BCUT2D eigenvalue weighted by molar-refractivity contribution is 0.102. The van der Waals surface area contributed by atoms with Gasteiger partial charge in [0.1, 0.15) is 5.56 Å². The fourth-order valence-electron chi connectivity index (χ4n) is 2.99. The van der Waals surface area contributed by atoms with Crippen molar-refractivity contribution in [3.63, 3.8) is 0 Å². The standard InChI is InChI=1S/C21H16ClN5O3/c22-17-7-2-1-4-14(17)12-27-20(29)16(11-23-21(27)30)19(28)25-15-6-3-5-13(10-15)18-8-9-24-26-18/h1-11H,12H2,(H,23,30)(H,24,26)(H,25,28). The molecule has 0 aliphatic carbocycles. The Morgan fingerprint density at radius 1 is 1.10 bits per heavy atom. The molecule has 9 heteroatoms. The lowest BCUT2D eigenvalue weighted by atomic mass is 10.1. The van der Waals surface area contributed by atoms with Crippen molar-refractivity contribution in [3.05, 3.63) is 104 Å². The van der Waals surface area contributed by atoms with E-state index < -0.39 is 17.2 Å². The topological polar surface area (TPSA) is 113 Å². The van der Waals surface area contributed by atoms with E-state index >= 15 is 0 Å². The molecule has 2 heterocycles. The van der Waals surface area contributed by atoms with Crippen LogP contribution in [0.15, 0.2) is 76.6 Å². The third-order valence-corrected chi connectivity index (χ3v) is 4.89. The predicted octanol–water partition coefficient (Wildman–Crippen LogP) is 2.88. The number of benzene rings is 2. The third-order valence-electron chi connectivity index (χ3n) is 4.52. The highest BCUT2D eigenvalue weighted by atomic mass is 35.5. The van der Waals surface area contributed by atoms with Crippen molar-refractivity contribution in [1.29, 1.82) is 0 Å². The summed E-state index contributed by atoms with van der Waals surface area (Å²) in [5.74, 6) is -0.633. The van der Waals surface area contributed by atoms with Gasteiger partial charge < -0.3 is 10.3 Å². The smallest absolute Gasteiger partial charge is 0.322 e. The molecule has 150 valence electrons. The lowest BCUT2D eigenvalue weighted by Crippen LogP contribution is -2.39. The Morgan fingerprint density at radius 3 is 2.70 bits per heavy atom. The van der Waals surface area contributed by atoms with Crippen molar-refractivity contribution in [2.24, 2.45) is 0 Å². The number of H-pyrrole nitrogens is 2. The van der Waals surface area contributed by atoms with Gasteiger partial charge in [-0.05, 0) is 29.8 Å². The van der Waals surface area contributed by atoms with Gasteiger partial charge in [-0.1, -0.05) is 41.9 Å². The van der Waals surface area contributed by atoms with E-state index in [0.29, 0.717) is 16.3 Å². The largest absolute Gasteiger partial charge is 0.328 e. The summed E-state index contributed by atoms with van der Waals surface area (Å²) in [5, 5.41) is 9.87. The van der Waals surface area contributed by atoms with Crippen LogP contribution in [0.3, 0.4) is 0 Å². The van der Waals surface area contributed by atoms with E-state index in [1.54, 1.807) is 54.7 Å². The van der Waals surface area contributed by atoms with Crippen molar-refractivity contribution in [2.45, 2.75) is 6.54 Å². The molecule has 8 nitrogen and oxygen atoms in total. The average Bonchev–Trinajstić information content (AvgIpc) is 3.27. The lowest BCUT2D eigenvalue weighted by Gasteiger charge is -2.10. The number of nitrogens with one attached hydrogen (secondary N) is 3. The predicted molar refractivity (Wildman–Crippen MR) is 114 cm³/mol. The molecule has 4 rings (SSSR count). The van der Waals surface area contributed by atoms with E-state index in [2.05, 4.69) is 20.5 Å². The van der Waals surface area contributed by atoms with Crippen LogP contribution in [0.25, 0.3) is 11.3 Å². The third kappa shape index (κ3) is 3.94. The minimum Gasteiger partial charge on any atom is -0.322 e. The van der Waals surface area contributed by atoms with E-state index in [-0.39, 0.29) is 12.1 Å². The molecule has 0 unspecified atom stereocenters. The van der Waals surface area contributed by atoms with Crippen molar-refractivity contribution in [2.75, 3.05) is 5.32 Å². The van der Waals surface area contributed by atoms with Crippen LogP contribution in [0.1, 0.15) is 15.9 Å². The molecule has 0 saturated carbocycles. The van der Waals surface area contributed by atoms with Gasteiger partial charge in [-0.25, -0.2) is 4.79 Å². The number of aromatic nitrogens is 4. The number of halogens is 1. The zero-order valence-electron chi connectivity index (χ0n) is 15.6. The van der Waals surface area contributed by atoms with Gasteiger partial charge in [0.25, 0.3) is 11.5 Å². The van der Waals surface area contributed by atoms with E-state index in [1.165, 1.54) is 0 Å². The Morgan fingerprint density at radius 2 is 1.93 bits per heavy atom. The molecule has 30 heavy (non-hydrogen) atoms. The molecule has 0 radical (unpaired) electrons. The number of hydrogen-bond donors (Lipinski definition) is 3. The Hall–Kier alpha value is -3.91. The van der Waals surface area contributed by atoms with Crippen LogP contribution in [0.2, 0.25) is 5.02 Å². The highest BCUT2D eigenvalue weighted by Crippen LogP contribution is 2.20. The number of carbonyl (C=O) groups excluding carboxylic acids is 1. The summed E-state index contributed by atoms with van der Waals surface area (Å²) in [6.07, 6.45) is 2.74. The second kappa shape index (κ2) is 8.22. The van der Waals surface area contributed by atoms with Gasteiger partial charge in [-0.15, -0.1) is 0 Å². The Labute approximate surface area is 175 Å². The molecule has 0 saturated heterocycles. The molecular formula is C21H16ClN5O3. The maximum atomic E-state index is 12.8. The summed E-state index contributed by atoms with van der Waals surface area (Å²) in [7, 11) is 0. The van der Waals surface area contributed by atoms with Crippen molar-refractivity contribution < 1.29 is 4.79 Å². The van der Waals surface area contributed by atoms with E-state index in [0.717, 1.165) is 22.0 Å². The quantitative estimate of drug-likeness (QED) is 0.460. The molecule has 0 spiro atoms. The molecular weight excluding hydrogens is 406 g/mol. The number of aromatic amines is 2. The van der Waals surface area contributed by atoms with Gasteiger partial charge in [0, 0.05) is 28.7 Å². The van der Waals surface area contributed by atoms with Crippen LogP contribution in [-0.4, -0.2) is 25.7 Å². The van der Waals surface area contributed by atoms with E-state index in [9.17, 15) is 14.4 Å². The Balaban J connectivity index is 1.62. The van der Waals surface area contributed by atoms with Crippen LogP contribution in [-0.2, 0) is 6.54 Å². The SMILES string of the molecule is O=C(Nc1cccc(-c2ccn[nH]2)c1)c1c[nH]c(=O)n(Cc2ccccc2Cl)c1=O. The molecule has 2 aromatic heterocycles. The average molecular weight is 422 g/mol. The van der Waals surface area contributed by atoms with Gasteiger partial charge in [0.15, 0.2) is 0 Å². The zero-order valence-corrected chi connectivity index (χ0v) is 16.3. The van der Waals surface area contributed by atoms with E-state index in [1.807, 2.05) is 6.07 Å². The molecule has 0 atom stereocenters. The first-order valence-corrected chi connectivity index (χ1v) is 9.38. The van der Waals surface area contributed by atoms with Gasteiger partial charge >= 0.3 is 5.69 Å². The van der Waals surface area contributed by atoms with Crippen molar-refractivity contribution in [3.8, 4) is 11.3 Å². The van der Waals surface area contributed by atoms with Gasteiger partial charge in [-0.2, -0.15) is 5.10 Å². The molecule has 0 fully saturated rings. The second-order valence-corrected chi connectivity index (χ2v) is 6.90. The summed E-state index contributed by atoms with van der Waals surface area (Å²) in [6, 6.07) is 15.8. The minimum absolute atomic E-state index is 0.0513. The number of amides is 1. The maximum Gasteiger partial charge on any atom is 0.328 e. The van der Waals surface area contributed by atoms with E-state index in [4.69, 9.17) is 11.6 Å². The normalized spacial score (nSPS) is 10.7. The molecule has 1 amide bonds. The van der Waals surface area contributed by atoms with Crippen LogP contribution in [0.4, 0.5) is 5.69 Å². The summed E-state index contributed by atoms with van der Waals surface area (Å²) < 4.78 is 0.942. The first-order chi connectivity index (χ1) is 14.5. The van der Waals surface area contributed by atoms with Crippen LogP contribution >= 0.6 is 11.6 Å². The number of anilines is 1. The van der Waals surface area contributed by atoms with Crippen molar-refractivity contribution in [1.82, 2.24) is 19.7 Å². The number of hydrogen-bond acceptors (Lipinski definition) is 4. The van der Waals surface area contributed by atoms with Crippen LogP contribution in [0, 0.1) is 0 Å².